The second-order valence-electron chi connectivity index (χ2n) is 3.53. The van der Waals surface area contributed by atoms with Gasteiger partial charge in [0.15, 0.2) is 4.34 Å². The molecule has 7 heteroatoms. The molecule has 0 unspecified atom stereocenters. The van der Waals surface area contributed by atoms with Crippen molar-refractivity contribution in [2.24, 2.45) is 0 Å². The Hall–Kier alpha value is -0.750. The molecule has 0 atom stereocenters. The minimum atomic E-state index is 0.675. The summed E-state index contributed by atoms with van der Waals surface area (Å²) in [5.41, 5.74) is 0.923. The van der Waals surface area contributed by atoms with Crippen molar-refractivity contribution >= 4 is 51.4 Å². The molecule has 3 nitrogen and oxygen atoms in total. The van der Waals surface area contributed by atoms with Crippen LogP contribution in [0.1, 0.15) is 5.56 Å². The molecule has 0 fully saturated rings. The SMILES string of the molecule is C=CCNc1nnc(SCc2c(Cl)cccc2Cl)s1. The maximum Gasteiger partial charge on any atom is 0.206 e. The molecule has 2 rings (SSSR count). The summed E-state index contributed by atoms with van der Waals surface area (Å²) in [5, 5.41) is 13.4. The molecule has 0 aliphatic heterocycles. The molecule has 100 valence electrons. The first-order valence-electron chi connectivity index (χ1n) is 5.44. The summed E-state index contributed by atoms with van der Waals surface area (Å²) in [6.07, 6.45) is 1.78. The highest BCUT2D eigenvalue weighted by Crippen LogP contribution is 2.33. The Kier molecular flexibility index (Phi) is 5.51. The van der Waals surface area contributed by atoms with E-state index in [0.717, 1.165) is 15.0 Å². The lowest BCUT2D eigenvalue weighted by Gasteiger charge is -2.04. The van der Waals surface area contributed by atoms with E-state index in [2.05, 4.69) is 22.1 Å². The van der Waals surface area contributed by atoms with Crippen LogP contribution in [0, 0.1) is 0 Å². The second-order valence-corrected chi connectivity index (χ2v) is 6.55. The smallest absolute Gasteiger partial charge is 0.206 e. The van der Waals surface area contributed by atoms with Gasteiger partial charge in [0.1, 0.15) is 0 Å². The zero-order valence-electron chi connectivity index (χ0n) is 9.90. The van der Waals surface area contributed by atoms with Gasteiger partial charge in [0.05, 0.1) is 0 Å². The molecule has 1 aromatic carbocycles. The highest BCUT2D eigenvalue weighted by molar-refractivity contribution is 8.00. The molecular formula is C12H11Cl2N3S2. The van der Waals surface area contributed by atoms with Crippen LogP contribution in [0.5, 0.6) is 0 Å². The maximum atomic E-state index is 6.12. The lowest BCUT2D eigenvalue weighted by Crippen LogP contribution is -1.96. The van der Waals surface area contributed by atoms with Gasteiger partial charge in [-0.15, -0.1) is 16.8 Å². The predicted octanol–water partition coefficient (Wildman–Crippen LogP) is 4.74. The predicted molar refractivity (Wildman–Crippen MR) is 84.6 cm³/mol. The van der Waals surface area contributed by atoms with Crippen LogP contribution >= 0.6 is 46.3 Å². The van der Waals surface area contributed by atoms with E-state index in [1.54, 1.807) is 17.8 Å². The number of anilines is 1. The average molecular weight is 332 g/mol. The van der Waals surface area contributed by atoms with Crippen molar-refractivity contribution in [1.82, 2.24) is 10.2 Å². The van der Waals surface area contributed by atoms with E-state index in [1.807, 2.05) is 18.2 Å². The summed E-state index contributed by atoms with van der Waals surface area (Å²) in [4.78, 5) is 0. The molecule has 1 heterocycles. The molecule has 19 heavy (non-hydrogen) atoms. The summed E-state index contributed by atoms with van der Waals surface area (Å²) >= 11 is 15.3. The van der Waals surface area contributed by atoms with E-state index in [0.29, 0.717) is 22.3 Å². The summed E-state index contributed by atoms with van der Waals surface area (Å²) in [6, 6.07) is 5.50. The third kappa shape index (κ3) is 4.11. The summed E-state index contributed by atoms with van der Waals surface area (Å²) in [7, 11) is 0. The Labute approximate surface area is 130 Å². The minimum Gasteiger partial charge on any atom is -0.357 e. The number of benzene rings is 1. The monoisotopic (exact) mass is 331 g/mol. The highest BCUT2D eigenvalue weighted by atomic mass is 35.5. The number of nitrogens with zero attached hydrogens (tertiary/aromatic N) is 2. The number of aromatic nitrogens is 2. The van der Waals surface area contributed by atoms with Crippen LogP contribution in [0.15, 0.2) is 35.2 Å². The van der Waals surface area contributed by atoms with Gasteiger partial charge in [0, 0.05) is 22.3 Å². The van der Waals surface area contributed by atoms with Gasteiger partial charge in [-0.25, -0.2) is 0 Å². The van der Waals surface area contributed by atoms with Crippen molar-refractivity contribution in [3.63, 3.8) is 0 Å². The Morgan fingerprint density at radius 3 is 2.74 bits per heavy atom. The molecular weight excluding hydrogens is 321 g/mol. The van der Waals surface area contributed by atoms with E-state index in [4.69, 9.17) is 23.2 Å². The number of hydrogen-bond donors (Lipinski definition) is 1. The third-order valence-corrected chi connectivity index (χ3v) is 4.95. The Morgan fingerprint density at radius 2 is 2.05 bits per heavy atom. The van der Waals surface area contributed by atoms with E-state index in [-0.39, 0.29) is 0 Å². The lowest BCUT2D eigenvalue weighted by molar-refractivity contribution is 1.01. The summed E-state index contributed by atoms with van der Waals surface area (Å²) in [6.45, 7) is 4.31. The standard InChI is InChI=1S/C12H11Cl2N3S2/c1-2-6-15-11-16-17-12(19-11)18-7-8-9(13)4-3-5-10(8)14/h2-5H,1,6-7H2,(H,15,16). The Balaban J connectivity index is 1.98. The van der Waals surface area contributed by atoms with E-state index in [9.17, 15) is 0 Å². The molecule has 0 amide bonds. The quantitative estimate of drug-likeness (QED) is 0.613. The lowest BCUT2D eigenvalue weighted by atomic mass is 10.2. The van der Waals surface area contributed by atoms with Crippen LogP contribution in [0.3, 0.4) is 0 Å². The first kappa shape index (κ1) is 14.7. The molecule has 0 saturated heterocycles. The average Bonchev–Trinajstić information content (AvgIpc) is 2.84. The van der Waals surface area contributed by atoms with Crippen molar-refractivity contribution in [3.05, 3.63) is 46.5 Å². The third-order valence-electron chi connectivity index (χ3n) is 2.21. The van der Waals surface area contributed by atoms with Crippen LogP contribution in [0.25, 0.3) is 0 Å². The molecule has 0 aliphatic carbocycles. The van der Waals surface area contributed by atoms with Gasteiger partial charge in [-0.2, -0.15) is 0 Å². The molecule has 0 radical (unpaired) electrons. The molecule has 0 aliphatic rings. The topological polar surface area (TPSA) is 37.8 Å². The van der Waals surface area contributed by atoms with Gasteiger partial charge in [-0.1, -0.05) is 58.4 Å². The molecule has 2 aromatic rings. The van der Waals surface area contributed by atoms with Gasteiger partial charge in [0.25, 0.3) is 0 Å². The number of thioether (sulfide) groups is 1. The fourth-order valence-electron chi connectivity index (χ4n) is 1.30. The Bertz CT molecular complexity index is 552. The largest absolute Gasteiger partial charge is 0.357 e. The molecule has 0 bridgehead atoms. The number of nitrogens with one attached hydrogen (secondary N) is 1. The Morgan fingerprint density at radius 1 is 1.32 bits per heavy atom. The minimum absolute atomic E-state index is 0.675. The fraction of sp³-hybridized carbons (Fsp3) is 0.167. The van der Waals surface area contributed by atoms with Gasteiger partial charge >= 0.3 is 0 Å². The van der Waals surface area contributed by atoms with E-state index < -0.39 is 0 Å². The first-order chi connectivity index (χ1) is 9.20. The van der Waals surface area contributed by atoms with Gasteiger partial charge in [0.2, 0.25) is 5.13 Å². The highest BCUT2D eigenvalue weighted by Gasteiger charge is 2.09. The maximum absolute atomic E-state index is 6.12. The van der Waals surface area contributed by atoms with E-state index >= 15 is 0 Å². The van der Waals surface area contributed by atoms with Crippen molar-refractivity contribution in [2.75, 3.05) is 11.9 Å². The fourth-order valence-corrected chi connectivity index (χ4v) is 3.80. The number of hydrogen-bond acceptors (Lipinski definition) is 5. The molecule has 1 N–H and O–H groups in total. The van der Waals surface area contributed by atoms with Crippen LogP contribution in [-0.2, 0) is 5.75 Å². The summed E-state index contributed by atoms with van der Waals surface area (Å²) in [5.74, 6) is 0.675. The first-order valence-corrected chi connectivity index (χ1v) is 8.00. The van der Waals surface area contributed by atoms with Crippen LogP contribution < -0.4 is 5.32 Å². The van der Waals surface area contributed by atoms with E-state index in [1.165, 1.54) is 11.3 Å². The van der Waals surface area contributed by atoms with Crippen molar-refractivity contribution in [1.29, 1.82) is 0 Å². The molecule has 1 aromatic heterocycles. The normalized spacial score (nSPS) is 10.4. The van der Waals surface area contributed by atoms with Crippen molar-refractivity contribution in [3.8, 4) is 0 Å². The van der Waals surface area contributed by atoms with Crippen molar-refractivity contribution < 1.29 is 0 Å². The molecule has 0 saturated carbocycles. The van der Waals surface area contributed by atoms with Crippen LogP contribution in [0.4, 0.5) is 5.13 Å². The van der Waals surface area contributed by atoms with Crippen molar-refractivity contribution in [2.45, 2.75) is 10.1 Å². The zero-order valence-corrected chi connectivity index (χ0v) is 13.0. The molecule has 0 spiro atoms. The summed E-state index contributed by atoms with van der Waals surface area (Å²) < 4.78 is 0.877. The second kappa shape index (κ2) is 7.14. The number of rotatable bonds is 6. The van der Waals surface area contributed by atoms with Crippen LogP contribution in [0.2, 0.25) is 10.0 Å². The van der Waals surface area contributed by atoms with Gasteiger partial charge in [-0.3, -0.25) is 0 Å². The number of halogens is 2. The van der Waals surface area contributed by atoms with Gasteiger partial charge in [-0.05, 0) is 17.7 Å². The van der Waals surface area contributed by atoms with Crippen LogP contribution in [-0.4, -0.2) is 16.7 Å². The zero-order chi connectivity index (χ0) is 13.7. The van der Waals surface area contributed by atoms with Gasteiger partial charge < -0.3 is 5.32 Å².